The molecular weight excluding hydrogens is 243 g/mol. The average molecular weight is 249 g/mol. The normalized spacial score (nSPS) is 11.3. The van der Waals surface area contributed by atoms with E-state index in [2.05, 4.69) is 0 Å². The van der Waals surface area contributed by atoms with Gasteiger partial charge in [0, 0.05) is 0 Å². The molecule has 0 saturated carbocycles. The number of nitrogens with zero attached hydrogens (tertiary/aromatic N) is 1. The molecule has 1 aromatic carbocycles. The molecule has 0 aromatic heterocycles. The van der Waals surface area contributed by atoms with Gasteiger partial charge in [-0.2, -0.15) is 13.2 Å². The number of halogens is 3. The maximum Gasteiger partial charge on any atom is 0.419 e. The summed E-state index contributed by atoms with van der Waals surface area (Å²) in [6, 6.07) is 0.593. The zero-order chi connectivity index (χ0) is 13.4. The second-order valence-electron chi connectivity index (χ2n) is 3.20. The molecule has 0 aliphatic rings. The second kappa shape index (κ2) is 4.04. The fraction of sp³-hybridized carbons (Fsp3) is 0.222. The number of nitro groups is 1. The van der Waals surface area contributed by atoms with Crippen LogP contribution < -0.4 is 0 Å². The van der Waals surface area contributed by atoms with E-state index in [1.165, 1.54) is 0 Å². The lowest BCUT2D eigenvalue weighted by molar-refractivity contribution is -0.385. The average Bonchev–Trinajstić information content (AvgIpc) is 2.14. The third kappa shape index (κ3) is 2.52. The predicted octanol–water partition coefficient (Wildman–Crippen LogP) is 2.52. The standard InChI is InChI=1S/C9H6F3NO4/c1-4(14)5-2-6(9(10,11)12)8(15)3-7(5)13(16)17/h2-3,15H,1H3. The molecule has 0 aliphatic carbocycles. The van der Waals surface area contributed by atoms with Crippen LogP contribution in [0.4, 0.5) is 18.9 Å². The minimum absolute atomic E-state index is 0.274. The van der Waals surface area contributed by atoms with E-state index in [1.807, 2.05) is 0 Å². The van der Waals surface area contributed by atoms with Gasteiger partial charge in [-0.05, 0) is 13.0 Å². The minimum Gasteiger partial charge on any atom is -0.507 e. The number of rotatable bonds is 2. The Balaban J connectivity index is 3.57. The Morgan fingerprint density at radius 1 is 1.41 bits per heavy atom. The second-order valence-corrected chi connectivity index (χ2v) is 3.20. The first kappa shape index (κ1) is 12.9. The van der Waals surface area contributed by atoms with Crippen molar-refractivity contribution in [3.8, 4) is 5.75 Å². The van der Waals surface area contributed by atoms with E-state index in [9.17, 15) is 28.1 Å². The largest absolute Gasteiger partial charge is 0.507 e. The van der Waals surface area contributed by atoms with Crippen LogP contribution in [0.1, 0.15) is 22.8 Å². The number of carbonyl (C=O) groups is 1. The molecular formula is C9H6F3NO4. The highest BCUT2D eigenvalue weighted by Crippen LogP contribution is 2.39. The summed E-state index contributed by atoms with van der Waals surface area (Å²) in [5, 5.41) is 19.5. The minimum atomic E-state index is -4.89. The molecule has 8 heteroatoms. The Kier molecular flexibility index (Phi) is 3.08. The van der Waals surface area contributed by atoms with Crippen molar-refractivity contribution in [3.63, 3.8) is 0 Å². The van der Waals surface area contributed by atoms with E-state index >= 15 is 0 Å². The Morgan fingerprint density at radius 3 is 2.29 bits per heavy atom. The molecule has 0 amide bonds. The van der Waals surface area contributed by atoms with Crippen molar-refractivity contribution in [1.29, 1.82) is 0 Å². The van der Waals surface area contributed by atoms with E-state index in [1.54, 1.807) is 0 Å². The first-order valence-electron chi connectivity index (χ1n) is 4.24. The SMILES string of the molecule is CC(=O)c1cc(C(F)(F)F)c(O)cc1[N+](=O)[O-]. The summed E-state index contributed by atoms with van der Waals surface area (Å²) < 4.78 is 37.2. The number of hydrogen-bond acceptors (Lipinski definition) is 4. The van der Waals surface area contributed by atoms with Crippen LogP contribution >= 0.6 is 0 Å². The van der Waals surface area contributed by atoms with Crippen LogP contribution in [0.5, 0.6) is 5.75 Å². The summed E-state index contributed by atoms with van der Waals surface area (Å²) in [4.78, 5) is 20.5. The van der Waals surface area contributed by atoms with Crippen molar-refractivity contribution in [3.05, 3.63) is 33.4 Å². The lowest BCUT2D eigenvalue weighted by Gasteiger charge is -2.10. The number of benzene rings is 1. The fourth-order valence-corrected chi connectivity index (χ4v) is 1.24. The van der Waals surface area contributed by atoms with Crippen molar-refractivity contribution in [1.82, 2.24) is 0 Å². The van der Waals surface area contributed by atoms with Crippen LogP contribution in [-0.2, 0) is 6.18 Å². The van der Waals surface area contributed by atoms with Gasteiger partial charge in [0.1, 0.15) is 5.75 Å². The quantitative estimate of drug-likeness (QED) is 0.496. The Bertz CT molecular complexity index is 496. The number of phenolic OH excluding ortho intramolecular Hbond substituents is 1. The van der Waals surface area contributed by atoms with Crippen molar-refractivity contribution in [2.75, 3.05) is 0 Å². The van der Waals surface area contributed by atoms with Gasteiger partial charge in [0.05, 0.1) is 22.1 Å². The molecule has 92 valence electrons. The van der Waals surface area contributed by atoms with Gasteiger partial charge in [-0.25, -0.2) is 0 Å². The molecule has 0 bridgehead atoms. The van der Waals surface area contributed by atoms with Gasteiger partial charge in [-0.3, -0.25) is 14.9 Å². The molecule has 5 nitrogen and oxygen atoms in total. The number of alkyl halides is 3. The van der Waals surface area contributed by atoms with Crippen LogP contribution in [0.15, 0.2) is 12.1 Å². The van der Waals surface area contributed by atoms with Crippen LogP contribution in [-0.4, -0.2) is 15.8 Å². The van der Waals surface area contributed by atoms with Crippen LogP contribution in [0, 0.1) is 10.1 Å². The third-order valence-corrected chi connectivity index (χ3v) is 2.00. The topological polar surface area (TPSA) is 80.4 Å². The maximum absolute atomic E-state index is 12.4. The third-order valence-electron chi connectivity index (χ3n) is 2.00. The summed E-state index contributed by atoms with van der Waals surface area (Å²) in [7, 11) is 0. The zero-order valence-corrected chi connectivity index (χ0v) is 8.41. The first-order valence-corrected chi connectivity index (χ1v) is 4.24. The van der Waals surface area contributed by atoms with Gasteiger partial charge in [0.15, 0.2) is 5.78 Å². The van der Waals surface area contributed by atoms with Gasteiger partial charge in [-0.15, -0.1) is 0 Å². The van der Waals surface area contributed by atoms with Gasteiger partial charge in [0.2, 0.25) is 0 Å². The van der Waals surface area contributed by atoms with E-state index in [0.29, 0.717) is 6.07 Å². The summed E-state index contributed by atoms with van der Waals surface area (Å²) >= 11 is 0. The smallest absolute Gasteiger partial charge is 0.419 e. The lowest BCUT2D eigenvalue weighted by Crippen LogP contribution is -2.09. The summed E-state index contributed by atoms with van der Waals surface area (Å²) in [6.07, 6.45) is -4.89. The molecule has 0 atom stereocenters. The Labute approximate surface area is 92.6 Å². The number of Topliss-reactive ketones (excluding diaryl/α,β-unsaturated/α-hetero) is 1. The Morgan fingerprint density at radius 2 is 1.94 bits per heavy atom. The van der Waals surface area contributed by atoms with E-state index < -0.39 is 39.4 Å². The molecule has 1 aromatic rings. The number of ketones is 1. The number of carbonyl (C=O) groups excluding carboxylic acids is 1. The number of hydrogen-bond donors (Lipinski definition) is 1. The monoisotopic (exact) mass is 249 g/mol. The fourth-order valence-electron chi connectivity index (χ4n) is 1.24. The molecule has 1 rings (SSSR count). The van der Waals surface area contributed by atoms with Crippen molar-refractivity contribution in [2.45, 2.75) is 13.1 Å². The molecule has 0 heterocycles. The van der Waals surface area contributed by atoms with Crippen molar-refractivity contribution < 1.29 is 28.0 Å². The van der Waals surface area contributed by atoms with Gasteiger partial charge in [0.25, 0.3) is 5.69 Å². The van der Waals surface area contributed by atoms with E-state index in [4.69, 9.17) is 5.11 Å². The molecule has 0 saturated heterocycles. The number of phenols is 1. The van der Waals surface area contributed by atoms with Crippen molar-refractivity contribution >= 4 is 11.5 Å². The summed E-state index contributed by atoms with van der Waals surface area (Å²) in [6.45, 7) is 0.902. The van der Waals surface area contributed by atoms with Crippen LogP contribution in [0.2, 0.25) is 0 Å². The molecule has 17 heavy (non-hydrogen) atoms. The highest BCUT2D eigenvalue weighted by molar-refractivity contribution is 5.98. The number of aromatic hydroxyl groups is 1. The first-order chi connectivity index (χ1) is 7.64. The van der Waals surface area contributed by atoms with Crippen molar-refractivity contribution in [2.24, 2.45) is 0 Å². The van der Waals surface area contributed by atoms with Gasteiger partial charge < -0.3 is 5.11 Å². The molecule has 0 fully saturated rings. The zero-order valence-electron chi connectivity index (χ0n) is 8.41. The molecule has 0 aliphatic heterocycles. The van der Waals surface area contributed by atoms with E-state index in [-0.39, 0.29) is 6.07 Å². The number of nitro benzene ring substituents is 1. The molecule has 0 radical (unpaired) electrons. The predicted molar refractivity (Wildman–Crippen MR) is 49.8 cm³/mol. The summed E-state index contributed by atoms with van der Waals surface area (Å²) in [5.41, 5.74) is -3.03. The van der Waals surface area contributed by atoms with Gasteiger partial charge in [-0.1, -0.05) is 0 Å². The summed E-state index contributed by atoms with van der Waals surface area (Å²) in [5.74, 6) is -2.17. The van der Waals surface area contributed by atoms with Crippen LogP contribution in [0.25, 0.3) is 0 Å². The van der Waals surface area contributed by atoms with E-state index in [0.717, 1.165) is 6.92 Å². The highest BCUT2D eigenvalue weighted by Gasteiger charge is 2.36. The molecule has 1 N–H and O–H groups in total. The van der Waals surface area contributed by atoms with Gasteiger partial charge >= 0.3 is 6.18 Å². The highest BCUT2D eigenvalue weighted by atomic mass is 19.4. The maximum atomic E-state index is 12.4. The lowest BCUT2D eigenvalue weighted by atomic mass is 10.0. The Hall–Kier alpha value is -2.12. The molecule has 0 spiro atoms. The van der Waals surface area contributed by atoms with Crippen LogP contribution in [0.3, 0.4) is 0 Å². The molecule has 0 unspecified atom stereocenters.